The van der Waals surface area contributed by atoms with Crippen molar-refractivity contribution in [3.8, 4) is 0 Å². The van der Waals surface area contributed by atoms with E-state index >= 15 is 0 Å². The van der Waals surface area contributed by atoms with Crippen LogP contribution in [-0.2, 0) is 0 Å². The van der Waals surface area contributed by atoms with Gasteiger partial charge in [0.15, 0.2) is 0 Å². The molecule has 0 radical (unpaired) electrons. The van der Waals surface area contributed by atoms with Crippen molar-refractivity contribution < 1.29 is 8.78 Å². The minimum Gasteiger partial charge on any atom is -0.399 e. The number of alkyl halides is 2. The van der Waals surface area contributed by atoms with E-state index < -0.39 is 6.43 Å². The molecule has 6 heteroatoms. The van der Waals surface area contributed by atoms with E-state index in [0.29, 0.717) is 10.7 Å². The molecular weight excluding hydrogens is 293 g/mol. The Balaban J connectivity index is 2.41. The van der Waals surface area contributed by atoms with Gasteiger partial charge in [-0.2, -0.15) is 0 Å². The SMILES string of the molecule is Nc1ccc(Nc2cccc(Cl)c2Cl)c(C(F)F)c1. The van der Waals surface area contributed by atoms with E-state index in [4.69, 9.17) is 28.9 Å². The van der Waals surface area contributed by atoms with Crippen LogP contribution in [0.25, 0.3) is 0 Å². The van der Waals surface area contributed by atoms with E-state index in [0.717, 1.165) is 0 Å². The maximum absolute atomic E-state index is 12.9. The van der Waals surface area contributed by atoms with Crippen molar-refractivity contribution in [1.82, 2.24) is 0 Å². The molecule has 0 heterocycles. The third-order valence-corrected chi connectivity index (χ3v) is 3.35. The molecule has 0 aliphatic rings. The first kappa shape index (κ1) is 13.9. The van der Waals surface area contributed by atoms with Gasteiger partial charge < -0.3 is 11.1 Å². The van der Waals surface area contributed by atoms with Gasteiger partial charge >= 0.3 is 0 Å². The van der Waals surface area contributed by atoms with Gasteiger partial charge in [-0.15, -0.1) is 0 Å². The van der Waals surface area contributed by atoms with Crippen molar-refractivity contribution in [1.29, 1.82) is 0 Å². The van der Waals surface area contributed by atoms with Crippen molar-refractivity contribution in [3.05, 3.63) is 52.0 Å². The van der Waals surface area contributed by atoms with Gasteiger partial charge in [-0.3, -0.25) is 0 Å². The molecule has 0 atom stereocenters. The summed E-state index contributed by atoms with van der Waals surface area (Å²) in [4.78, 5) is 0. The molecule has 2 nitrogen and oxygen atoms in total. The molecule has 0 aromatic heterocycles. The van der Waals surface area contributed by atoms with Crippen LogP contribution >= 0.6 is 23.2 Å². The molecule has 2 aromatic carbocycles. The Morgan fingerprint density at radius 2 is 1.79 bits per heavy atom. The van der Waals surface area contributed by atoms with E-state index in [1.54, 1.807) is 18.2 Å². The van der Waals surface area contributed by atoms with Crippen LogP contribution in [0.5, 0.6) is 0 Å². The highest BCUT2D eigenvalue weighted by atomic mass is 35.5. The Kier molecular flexibility index (Phi) is 4.12. The first-order chi connectivity index (χ1) is 8.99. The average molecular weight is 303 g/mol. The number of nitrogens with one attached hydrogen (secondary N) is 1. The molecule has 19 heavy (non-hydrogen) atoms. The summed E-state index contributed by atoms with van der Waals surface area (Å²) >= 11 is 11.9. The molecule has 0 saturated heterocycles. The van der Waals surface area contributed by atoms with Crippen LogP contribution in [0.4, 0.5) is 25.8 Å². The van der Waals surface area contributed by atoms with Crippen LogP contribution in [0, 0.1) is 0 Å². The highest BCUT2D eigenvalue weighted by Gasteiger charge is 2.14. The number of nitrogen functional groups attached to an aromatic ring is 1. The molecule has 0 saturated carbocycles. The van der Waals surface area contributed by atoms with Crippen LogP contribution in [0.15, 0.2) is 36.4 Å². The Morgan fingerprint density at radius 1 is 1.05 bits per heavy atom. The summed E-state index contributed by atoms with van der Waals surface area (Å²) < 4.78 is 25.9. The second kappa shape index (κ2) is 5.63. The molecule has 2 rings (SSSR count). The predicted octanol–water partition coefficient (Wildman–Crippen LogP) is 5.26. The summed E-state index contributed by atoms with van der Waals surface area (Å²) in [5, 5.41) is 3.47. The molecule has 0 bridgehead atoms. The van der Waals surface area contributed by atoms with E-state index in [9.17, 15) is 8.78 Å². The molecular formula is C13H10Cl2F2N2. The van der Waals surface area contributed by atoms with E-state index in [-0.39, 0.29) is 22.0 Å². The predicted molar refractivity (Wildman–Crippen MR) is 75.6 cm³/mol. The second-order valence-corrected chi connectivity index (χ2v) is 4.66. The van der Waals surface area contributed by atoms with E-state index in [1.165, 1.54) is 18.2 Å². The highest BCUT2D eigenvalue weighted by Crippen LogP contribution is 2.35. The Morgan fingerprint density at radius 3 is 2.47 bits per heavy atom. The van der Waals surface area contributed by atoms with Gasteiger partial charge in [0, 0.05) is 16.9 Å². The molecule has 0 fully saturated rings. The summed E-state index contributed by atoms with van der Waals surface area (Å²) in [5.74, 6) is 0. The van der Waals surface area contributed by atoms with Gasteiger partial charge in [0.1, 0.15) is 0 Å². The quantitative estimate of drug-likeness (QED) is 0.759. The highest BCUT2D eigenvalue weighted by molar-refractivity contribution is 6.43. The van der Waals surface area contributed by atoms with Crippen LogP contribution in [0.1, 0.15) is 12.0 Å². The number of halogens is 4. The number of anilines is 3. The number of hydrogen-bond acceptors (Lipinski definition) is 2. The number of hydrogen-bond donors (Lipinski definition) is 2. The fourth-order valence-corrected chi connectivity index (χ4v) is 1.97. The van der Waals surface area contributed by atoms with Crippen LogP contribution < -0.4 is 11.1 Å². The minimum atomic E-state index is -2.64. The summed E-state index contributed by atoms with van der Waals surface area (Å²) in [6, 6.07) is 9.19. The molecule has 0 aliphatic carbocycles. The zero-order chi connectivity index (χ0) is 14.0. The van der Waals surface area contributed by atoms with Crippen LogP contribution in [0.3, 0.4) is 0 Å². The summed E-state index contributed by atoms with van der Waals surface area (Å²) in [6.45, 7) is 0. The van der Waals surface area contributed by atoms with Gasteiger partial charge in [0.2, 0.25) is 0 Å². The average Bonchev–Trinajstić information content (AvgIpc) is 2.36. The minimum absolute atomic E-state index is 0.184. The fraction of sp³-hybridized carbons (Fsp3) is 0.0769. The Labute approximate surface area is 119 Å². The summed E-state index contributed by atoms with van der Waals surface area (Å²) in [7, 11) is 0. The lowest BCUT2D eigenvalue weighted by atomic mass is 10.1. The lowest BCUT2D eigenvalue weighted by molar-refractivity contribution is 0.152. The zero-order valence-corrected chi connectivity index (χ0v) is 11.1. The maximum Gasteiger partial charge on any atom is 0.265 e. The zero-order valence-electron chi connectivity index (χ0n) is 9.63. The third kappa shape index (κ3) is 3.08. The van der Waals surface area contributed by atoms with Crippen LogP contribution in [0.2, 0.25) is 10.0 Å². The first-order valence-electron chi connectivity index (χ1n) is 5.37. The molecule has 100 valence electrons. The second-order valence-electron chi connectivity index (χ2n) is 3.87. The largest absolute Gasteiger partial charge is 0.399 e. The Hall–Kier alpha value is -1.52. The fourth-order valence-electron chi connectivity index (χ4n) is 1.62. The molecule has 0 amide bonds. The first-order valence-corrected chi connectivity index (χ1v) is 6.13. The molecule has 0 aliphatic heterocycles. The van der Waals surface area contributed by atoms with Crippen molar-refractivity contribution in [2.45, 2.75) is 6.43 Å². The Bertz CT molecular complexity index is 603. The van der Waals surface area contributed by atoms with Gasteiger partial charge in [0.25, 0.3) is 6.43 Å². The number of rotatable bonds is 3. The van der Waals surface area contributed by atoms with Crippen molar-refractivity contribution in [2.24, 2.45) is 0 Å². The molecule has 3 N–H and O–H groups in total. The third-order valence-electron chi connectivity index (χ3n) is 2.53. The van der Waals surface area contributed by atoms with Gasteiger partial charge in [-0.05, 0) is 30.3 Å². The van der Waals surface area contributed by atoms with E-state index in [2.05, 4.69) is 5.32 Å². The van der Waals surface area contributed by atoms with Gasteiger partial charge in [-0.1, -0.05) is 29.3 Å². The number of nitrogens with two attached hydrogens (primary N) is 1. The summed E-state index contributed by atoms with van der Waals surface area (Å²) in [5.41, 5.74) is 6.30. The lowest BCUT2D eigenvalue weighted by Crippen LogP contribution is -1.99. The lowest BCUT2D eigenvalue weighted by Gasteiger charge is -2.14. The van der Waals surface area contributed by atoms with Gasteiger partial charge in [0.05, 0.1) is 15.7 Å². The summed E-state index contributed by atoms with van der Waals surface area (Å²) in [6.07, 6.45) is -2.64. The standard InChI is InChI=1S/C13H10Cl2F2N2/c14-9-2-1-3-11(12(9)15)19-10-5-4-7(18)6-8(10)13(16)17/h1-6,13,19H,18H2. The van der Waals surface area contributed by atoms with Crippen molar-refractivity contribution >= 4 is 40.3 Å². The van der Waals surface area contributed by atoms with Crippen molar-refractivity contribution in [2.75, 3.05) is 11.1 Å². The molecule has 0 unspecified atom stereocenters. The monoisotopic (exact) mass is 302 g/mol. The maximum atomic E-state index is 12.9. The number of benzene rings is 2. The normalized spacial score (nSPS) is 10.8. The van der Waals surface area contributed by atoms with Crippen LogP contribution in [-0.4, -0.2) is 0 Å². The van der Waals surface area contributed by atoms with Gasteiger partial charge in [-0.25, -0.2) is 8.78 Å². The molecule has 0 spiro atoms. The smallest absolute Gasteiger partial charge is 0.265 e. The van der Waals surface area contributed by atoms with Crippen molar-refractivity contribution in [3.63, 3.8) is 0 Å². The molecule has 2 aromatic rings. The topological polar surface area (TPSA) is 38.0 Å². The van der Waals surface area contributed by atoms with E-state index in [1.807, 2.05) is 0 Å².